The highest BCUT2D eigenvalue weighted by atomic mass is 16.5. The van der Waals surface area contributed by atoms with E-state index >= 15 is 0 Å². The lowest BCUT2D eigenvalue weighted by Crippen LogP contribution is -2.49. The summed E-state index contributed by atoms with van der Waals surface area (Å²) < 4.78 is 8.21. The van der Waals surface area contributed by atoms with Gasteiger partial charge in [0.05, 0.1) is 22.5 Å². The van der Waals surface area contributed by atoms with Crippen molar-refractivity contribution < 1.29 is 23.9 Å². The number of carbonyl (C=O) groups excluding carboxylic acids is 4. The van der Waals surface area contributed by atoms with E-state index in [-0.39, 0.29) is 16.8 Å². The van der Waals surface area contributed by atoms with Crippen molar-refractivity contribution in [2.24, 2.45) is 13.0 Å². The van der Waals surface area contributed by atoms with Gasteiger partial charge in [-0.15, -0.1) is 0 Å². The molecule has 3 aromatic rings. The van der Waals surface area contributed by atoms with Crippen molar-refractivity contribution in [3.05, 3.63) is 81.8 Å². The van der Waals surface area contributed by atoms with Gasteiger partial charge in [-0.25, -0.2) is 9.48 Å². The molecule has 36 heavy (non-hydrogen) atoms. The molecule has 10 nitrogen and oxygen atoms in total. The van der Waals surface area contributed by atoms with Gasteiger partial charge >= 0.3 is 5.97 Å². The zero-order chi connectivity index (χ0) is 26.1. The summed E-state index contributed by atoms with van der Waals surface area (Å²) in [7, 11) is 1.69. The molecule has 10 heteroatoms. The highest BCUT2D eigenvalue weighted by Gasteiger charge is 2.44. The summed E-state index contributed by atoms with van der Waals surface area (Å²) in [6.07, 6.45) is 0. The summed E-state index contributed by atoms with van der Waals surface area (Å²) in [5, 5.41) is 2.52. The lowest BCUT2D eigenvalue weighted by molar-refractivity contribution is -0.152. The Morgan fingerprint density at radius 1 is 0.917 bits per heavy atom. The topological polar surface area (TPSA) is 120 Å². The van der Waals surface area contributed by atoms with Crippen LogP contribution in [0.25, 0.3) is 5.69 Å². The van der Waals surface area contributed by atoms with Crippen molar-refractivity contribution in [3.8, 4) is 5.69 Å². The van der Waals surface area contributed by atoms with Crippen LogP contribution in [0.4, 0.5) is 5.69 Å². The number of ether oxygens (including phenoxy) is 1. The summed E-state index contributed by atoms with van der Waals surface area (Å²) in [5.74, 6) is -3.24. The van der Waals surface area contributed by atoms with Crippen molar-refractivity contribution in [2.75, 3.05) is 11.9 Å². The normalized spacial score (nSPS) is 13.6. The number of para-hydroxylation sites is 1. The first-order valence-corrected chi connectivity index (χ1v) is 11.4. The van der Waals surface area contributed by atoms with Crippen LogP contribution < -0.4 is 10.9 Å². The van der Waals surface area contributed by atoms with Crippen LogP contribution in [-0.4, -0.2) is 50.6 Å². The summed E-state index contributed by atoms with van der Waals surface area (Å²) in [6.45, 7) is 4.34. The van der Waals surface area contributed by atoms with E-state index in [1.165, 1.54) is 16.8 Å². The minimum atomic E-state index is -1.21. The van der Waals surface area contributed by atoms with Crippen molar-refractivity contribution in [1.29, 1.82) is 0 Å². The number of hydrogen-bond donors (Lipinski definition) is 1. The molecule has 0 saturated carbocycles. The Morgan fingerprint density at radius 3 is 2.03 bits per heavy atom. The Balaban J connectivity index is 1.48. The molecule has 1 aliphatic heterocycles. The third-order valence-corrected chi connectivity index (χ3v) is 6.14. The first-order chi connectivity index (χ1) is 17.1. The molecule has 3 amide bonds. The van der Waals surface area contributed by atoms with Crippen molar-refractivity contribution in [3.63, 3.8) is 0 Å². The third-order valence-electron chi connectivity index (χ3n) is 6.14. The van der Waals surface area contributed by atoms with Gasteiger partial charge in [0.2, 0.25) is 0 Å². The average Bonchev–Trinajstić information content (AvgIpc) is 3.23. The van der Waals surface area contributed by atoms with E-state index < -0.39 is 47.8 Å². The molecule has 0 unspecified atom stereocenters. The Kier molecular flexibility index (Phi) is 6.61. The first-order valence-electron chi connectivity index (χ1n) is 11.4. The molecule has 0 aliphatic carbocycles. The number of esters is 1. The molecule has 2 aromatic carbocycles. The standard InChI is InChI=1S/C26H26N4O6/c1-15(2)22(29-23(32)18-12-8-9-13-19(18)24(29)33)26(35)36-14-20(31)27-21-16(3)28(4)30(25(21)34)17-10-6-5-7-11-17/h5-13,15,22H,14H2,1-4H3,(H,27,31)/t22-/m1/s1. The molecule has 0 radical (unpaired) electrons. The van der Waals surface area contributed by atoms with Crippen LogP contribution in [0, 0.1) is 12.8 Å². The number of hydrogen-bond acceptors (Lipinski definition) is 6. The van der Waals surface area contributed by atoms with Gasteiger partial charge in [-0.2, -0.15) is 0 Å². The van der Waals surface area contributed by atoms with E-state index in [0.29, 0.717) is 11.4 Å². The van der Waals surface area contributed by atoms with E-state index in [4.69, 9.17) is 4.74 Å². The minimum Gasteiger partial charge on any atom is -0.454 e. The van der Waals surface area contributed by atoms with Gasteiger partial charge in [-0.05, 0) is 37.1 Å². The quantitative estimate of drug-likeness (QED) is 0.401. The summed E-state index contributed by atoms with van der Waals surface area (Å²) >= 11 is 0. The van der Waals surface area contributed by atoms with Gasteiger partial charge < -0.3 is 10.1 Å². The molecule has 186 valence electrons. The SMILES string of the molecule is Cc1c(NC(=O)COC(=O)[C@@H](C(C)C)N2C(=O)c3ccccc3C2=O)c(=O)n(-c2ccccc2)n1C. The molecule has 1 N–H and O–H groups in total. The molecule has 4 rings (SSSR count). The molecule has 1 aromatic heterocycles. The van der Waals surface area contributed by atoms with E-state index in [0.717, 1.165) is 4.90 Å². The zero-order valence-electron chi connectivity index (χ0n) is 20.3. The number of rotatable bonds is 7. The zero-order valence-corrected chi connectivity index (χ0v) is 20.3. The fourth-order valence-electron chi connectivity index (χ4n) is 4.25. The van der Waals surface area contributed by atoms with E-state index in [9.17, 15) is 24.0 Å². The Hall–Kier alpha value is -4.47. The lowest BCUT2D eigenvalue weighted by atomic mass is 10.0. The predicted octanol–water partition coefficient (Wildman–Crippen LogP) is 2.29. The van der Waals surface area contributed by atoms with E-state index in [1.807, 2.05) is 6.07 Å². The lowest BCUT2D eigenvalue weighted by Gasteiger charge is -2.27. The van der Waals surface area contributed by atoms with E-state index in [1.54, 1.807) is 68.9 Å². The first kappa shape index (κ1) is 24.6. The summed E-state index contributed by atoms with van der Waals surface area (Å²) in [4.78, 5) is 65.1. The van der Waals surface area contributed by atoms with Crippen LogP contribution >= 0.6 is 0 Å². The minimum absolute atomic E-state index is 0.0585. The number of carbonyl (C=O) groups is 4. The second-order valence-corrected chi connectivity index (χ2v) is 8.81. The van der Waals surface area contributed by atoms with Crippen molar-refractivity contribution in [2.45, 2.75) is 26.8 Å². The van der Waals surface area contributed by atoms with Crippen molar-refractivity contribution in [1.82, 2.24) is 14.3 Å². The van der Waals surface area contributed by atoms with E-state index in [2.05, 4.69) is 5.32 Å². The second-order valence-electron chi connectivity index (χ2n) is 8.81. The van der Waals surface area contributed by atoms with Crippen LogP contribution in [0.15, 0.2) is 59.4 Å². The molecular weight excluding hydrogens is 464 g/mol. The molecule has 2 heterocycles. The van der Waals surface area contributed by atoms with Gasteiger partial charge in [-0.3, -0.25) is 28.8 Å². The van der Waals surface area contributed by atoms with Crippen LogP contribution in [0.2, 0.25) is 0 Å². The van der Waals surface area contributed by atoms with Crippen LogP contribution in [0.5, 0.6) is 0 Å². The van der Waals surface area contributed by atoms with Gasteiger partial charge in [0.25, 0.3) is 23.3 Å². The predicted molar refractivity (Wildman–Crippen MR) is 131 cm³/mol. The van der Waals surface area contributed by atoms with Crippen molar-refractivity contribution >= 4 is 29.4 Å². The van der Waals surface area contributed by atoms with Gasteiger partial charge in [0.15, 0.2) is 6.61 Å². The van der Waals surface area contributed by atoms with Gasteiger partial charge in [-0.1, -0.05) is 44.2 Å². The fourth-order valence-corrected chi connectivity index (χ4v) is 4.25. The maximum Gasteiger partial charge on any atom is 0.330 e. The largest absolute Gasteiger partial charge is 0.454 e. The Morgan fingerprint density at radius 2 is 1.47 bits per heavy atom. The maximum absolute atomic E-state index is 13.0. The number of nitrogens with zero attached hydrogens (tertiary/aromatic N) is 3. The number of anilines is 1. The smallest absolute Gasteiger partial charge is 0.330 e. The monoisotopic (exact) mass is 490 g/mol. The number of benzene rings is 2. The van der Waals surface area contributed by atoms with Gasteiger partial charge in [0, 0.05) is 7.05 Å². The Labute approximate surface area is 207 Å². The number of imide groups is 1. The number of fused-ring (bicyclic) bond motifs is 1. The Bertz CT molecular complexity index is 1380. The molecular formula is C26H26N4O6. The van der Waals surface area contributed by atoms with Crippen LogP contribution in [0.3, 0.4) is 0 Å². The van der Waals surface area contributed by atoms with Crippen LogP contribution in [0.1, 0.15) is 40.3 Å². The molecule has 1 aliphatic rings. The number of aromatic nitrogens is 2. The van der Waals surface area contributed by atoms with Crippen LogP contribution in [-0.2, 0) is 21.4 Å². The highest BCUT2D eigenvalue weighted by Crippen LogP contribution is 2.27. The molecule has 1 atom stereocenters. The number of nitrogens with one attached hydrogen (secondary N) is 1. The fraction of sp³-hybridized carbons (Fsp3) is 0.269. The molecule has 0 bridgehead atoms. The van der Waals surface area contributed by atoms with Gasteiger partial charge in [0.1, 0.15) is 11.7 Å². The molecule has 0 spiro atoms. The third kappa shape index (κ3) is 4.21. The molecule has 0 saturated heterocycles. The summed E-state index contributed by atoms with van der Waals surface area (Å²) in [5.41, 5.74) is 1.19. The maximum atomic E-state index is 13.0. The number of amides is 3. The summed E-state index contributed by atoms with van der Waals surface area (Å²) in [6, 6.07) is 14.1. The highest BCUT2D eigenvalue weighted by molar-refractivity contribution is 6.22. The average molecular weight is 491 g/mol. The second kappa shape index (κ2) is 9.65. The molecule has 0 fully saturated rings.